The van der Waals surface area contributed by atoms with E-state index < -0.39 is 28.5 Å². The summed E-state index contributed by atoms with van der Waals surface area (Å²) in [4.78, 5) is 27.6. The van der Waals surface area contributed by atoms with Gasteiger partial charge in [0.05, 0.1) is 17.0 Å². The van der Waals surface area contributed by atoms with Crippen molar-refractivity contribution in [3.8, 4) is 0 Å². The van der Waals surface area contributed by atoms with Gasteiger partial charge in [0.2, 0.25) is 21.8 Å². The summed E-state index contributed by atoms with van der Waals surface area (Å²) in [5.41, 5.74) is 0.915. The molecular weight excluding hydrogens is 565 g/mol. The zero-order valence-electron chi connectivity index (χ0n) is 19.4. The summed E-state index contributed by atoms with van der Waals surface area (Å²) in [6.45, 7) is 5.60. The van der Waals surface area contributed by atoms with Gasteiger partial charge in [-0.3, -0.25) is 13.9 Å². The Bertz CT molecular complexity index is 1130. The predicted molar refractivity (Wildman–Crippen MR) is 141 cm³/mol. The largest absolute Gasteiger partial charge is 0.354 e. The lowest BCUT2D eigenvalue weighted by Crippen LogP contribution is -2.51. The van der Waals surface area contributed by atoms with Crippen LogP contribution in [0.2, 0.25) is 10.0 Å². The average molecular weight is 593 g/mol. The average Bonchev–Trinajstić information content (AvgIpc) is 2.74. The highest BCUT2D eigenvalue weighted by Crippen LogP contribution is 2.30. The van der Waals surface area contributed by atoms with Crippen molar-refractivity contribution >= 4 is 66.7 Å². The molecule has 1 N–H and O–H groups in total. The summed E-state index contributed by atoms with van der Waals surface area (Å²) in [5.74, 6) is -0.638. The highest BCUT2D eigenvalue weighted by atomic mass is 79.9. The Hall–Kier alpha value is -1.81. The molecule has 0 aliphatic carbocycles. The van der Waals surface area contributed by atoms with Gasteiger partial charge in [0.15, 0.2) is 0 Å². The first-order valence-corrected chi connectivity index (χ1v) is 13.9. The van der Waals surface area contributed by atoms with Gasteiger partial charge in [-0.25, -0.2) is 8.42 Å². The van der Waals surface area contributed by atoms with E-state index >= 15 is 0 Å². The lowest BCUT2D eigenvalue weighted by molar-refractivity contribution is -0.139. The molecule has 0 bridgehead atoms. The highest BCUT2D eigenvalue weighted by Gasteiger charge is 2.30. The first-order chi connectivity index (χ1) is 15.8. The molecule has 0 aliphatic heterocycles. The molecule has 34 heavy (non-hydrogen) atoms. The third-order valence-corrected chi connectivity index (χ3v) is 7.17. The molecule has 2 aromatic rings. The van der Waals surface area contributed by atoms with E-state index in [1.165, 1.54) is 23.1 Å². The van der Waals surface area contributed by atoms with Crippen molar-refractivity contribution in [2.24, 2.45) is 5.92 Å². The highest BCUT2D eigenvalue weighted by molar-refractivity contribution is 9.10. The number of hydrogen-bond donors (Lipinski definition) is 1. The van der Waals surface area contributed by atoms with Crippen LogP contribution in [0.15, 0.2) is 46.9 Å². The van der Waals surface area contributed by atoms with Crippen LogP contribution < -0.4 is 9.62 Å². The number of carbonyl (C=O) groups is 2. The minimum Gasteiger partial charge on any atom is -0.354 e. The summed E-state index contributed by atoms with van der Waals surface area (Å²) < 4.78 is 27.0. The fraction of sp³-hybridized carbons (Fsp3) is 0.391. The van der Waals surface area contributed by atoms with Crippen LogP contribution in [0.4, 0.5) is 5.69 Å². The number of carbonyl (C=O) groups excluding carboxylic acids is 2. The van der Waals surface area contributed by atoms with Crippen molar-refractivity contribution < 1.29 is 18.0 Å². The summed E-state index contributed by atoms with van der Waals surface area (Å²) in [6.07, 6.45) is 0.989. The number of hydrogen-bond acceptors (Lipinski definition) is 4. The molecule has 2 aromatic carbocycles. The second-order valence-electron chi connectivity index (χ2n) is 8.33. The fourth-order valence-electron chi connectivity index (χ4n) is 3.10. The van der Waals surface area contributed by atoms with E-state index in [4.69, 9.17) is 23.2 Å². The molecule has 0 spiro atoms. The number of nitrogens with one attached hydrogen (secondary N) is 1. The third-order valence-electron chi connectivity index (χ3n) is 4.98. The molecule has 186 valence electrons. The molecule has 7 nitrogen and oxygen atoms in total. The van der Waals surface area contributed by atoms with Crippen LogP contribution in [0.1, 0.15) is 26.3 Å². The molecule has 0 aliphatic rings. The van der Waals surface area contributed by atoms with Crippen LogP contribution in [0.3, 0.4) is 0 Å². The van der Waals surface area contributed by atoms with Crippen LogP contribution in [0, 0.1) is 5.92 Å². The Labute approximate surface area is 219 Å². The van der Waals surface area contributed by atoms with E-state index in [0.29, 0.717) is 11.6 Å². The summed E-state index contributed by atoms with van der Waals surface area (Å²) in [5, 5.41) is 3.26. The predicted octanol–water partition coefficient (Wildman–Crippen LogP) is 4.71. The Balaban J connectivity index is 2.39. The number of benzene rings is 2. The van der Waals surface area contributed by atoms with Gasteiger partial charge in [-0.1, -0.05) is 65.1 Å². The number of anilines is 1. The van der Waals surface area contributed by atoms with Crippen LogP contribution in [-0.2, 0) is 26.2 Å². The van der Waals surface area contributed by atoms with Gasteiger partial charge >= 0.3 is 0 Å². The number of nitrogens with zero attached hydrogens (tertiary/aromatic N) is 2. The van der Waals surface area contributed by atoms with E-state index in [0.717, 1.165) is 20.6 Å². The summed E-state index contributed by atoms with van der Waals surface area (Å²) in [7, 11) is -3.88. The molecule has 0 unspecified atom stereocenters. The van der Waals surface area contributed by atoms with Crippen LogP contribution >= 0.6 is 39.1 Å². The number of halogens is 3. The number of sulfonamides is 1. The van der Waals surface area contributed by atoms with Crippen molar-refractivity contribution in [1.82, 2.24) is 10.2 Å². The van der Waals surface area contributed by atoms with Gasteiger partial charge in [-0.05, 0) is 48.7 Å². The van der Waals surface area contributed by atoms with Crippen molar-refractivity contribution in [3.63, 3.8) is 0 Å². The molecule has 2 rings (SSSR count). The second kappa shape index (κ2) is 12.2. The van der Waals surface area contributed by atoms with Crippen molar-refractivity contribution in [2.45, 2.75) is 33.4 Å². The molecule has 0 radical (unpaired) electrons. The zero-order valence-corrected chi connectivity index (χ0v) is 23.3. The van der Waals surface area contributed by atoms with Gasteiger partial charge in [0, 0.05) is 22.6 Å². The molecule has 2 amide bonds. The van der Waals surface area contributed by atoms with Crippen molar-refractivity contribution in [2.75, 3.05) is 23.7 Å². The van der Waals surface area contributed by atoms with Gasteiger partial charge in [0.25, 0.3) is 0 Å². The standard InChI is InChI=1S/C23H28BrCl2N3O4S/c1-15(2)12-27-23(31)16(3)28(13-17-5-7-18(24)8-6-17)22(30)14-29(34(4,32)33)21-10-9-19(25)11-20(21)26/h5-11,15-16H,12-14H2,1-4H3,(H,27,31)/t16-/m0/s1. The molecule has 0 aromatic heterocycles. The lowest BCUT2D eigenvalue weighted by atomic mass is 10.1. The van der Waals surface area contributed by atoms with E-state index in [2.05, 4.69) is 21.2 Å². The van der Waals surface area contributed by atoms with Gasteiger partial charge in [-0.15, -0.1) is 0 Å². The Morgan fingerprint density at radius 1 is 1.06 bits per heavy atom. The summed E-state index contributed by atoms with van der Waals surface area (Å²) in [6, 6.07) is 10.8. The van der Waals surface area contributed by atoms with E-state index in [1.54, 1.807) is 6.92 Å². The molecule has 0 saturated carbocycles. The smallest absolute Gasteiger partial charge is 0.244 e. The first kappa shape index (κ1) is 28.4. The number of amides is 2. The molecular formula is C23H28BrCl2N3O4S. The normalized spacial score (nSPS) is 12.4. The molecule has 0 saturated heterocycles. The Morgan fingerprint density at radius 3 is 2.21 bits per heavy atom. The molecule has 0 heterocycles. The zero-order chi connectivity index (χ0) is 25.6. The topological polar surface area (TPSA) is 86.8 Å². The van der Waals surface area contributed by atoms with Gasteiger partial charge in [-0.2, -0.15) is 0 Å². The van der Waals surface area contributed by atoms with Crippen molar-refractivity contribution in [3.05, 3.63) is 62.5 Å². The molecule has 1 atom stereocenters. The van der Waals surface area contributed by atoms with Crippen LogP contribution in [0.5, 0.6) is 0 Å². The van der Waals surface area contributed by atoms with Gasteiger partial charge in [0.1, 0.15) is 12.6 Å². The second-order valence-corrected chi connectivity index (χ2v) is 12.0. The van der Waals surface area contributed by atoms with Crippen molar-refractivity contribution in [1.29, 1.82) is 0 Å². The first-order valence-electron chi connectivity index (χ1n) is 10.5. The van der Waals surface area contributed by atoms with E-state index in [9.17, 15) is 18.0 Å². The van der Waals surface area contributed by atoms with E-state index in [1.807, 2.05) is 38.1 Å². The third kappa shape index (κ3) is 8.15. The molecule has 11 heteroatoms. The maximum absolute atomic E-state index is 13.5. The summed E-state index contributed by atoms with van der Waals surface area (Å²) >= 11 is 15.6. The maximum Gasteiger partial charge on any atom is 0.244 e. The monoisotopic (exact) mass is 591 g/mol. The van der Waals surface area contributed by atoms with Crippen LogP contribution in [0.25, 0.3) is 0 Å². The quantitative estimate of drug-likeness (QED) is 0.433. The fourth-order valence-corrected chi connectivity index (χ4v) is 4.79. The minimum absolute atomic E-state index is 0.0907. The van der Waals surface area contributed by atoms with Gasteiger partial charge < -0.3 is 10.2 Å². The Kier molecular flexibility index (Phi) is 10.2. The number of rotatable bonds is 10. The molecule has 0 fully saturated rings. The minimum atomic E-state index is -3.88. The SMILES string of the molecule is CC(C)CNC(=O)[C@H](C)N(Cc1ccc(Br)cc1)C(=O)CN(c1ccc(Cl)cc1Cl)S(C)(=O)=O. The maximum atomic E-state index is 13.5. The van der Waals surface area contributed by atoms with E-state index in [-0.39, 0.29) is 29.1 Å². The Morgan fingerprint density at radius 2 is 1.68 bits per heavy atom. The lowest BCUT2D eigenvalue weighted by Gasteiger charge is -2.32. The van der Waals surface area contributed by atoms with Crippen LogP contribution in [-0.4, -0.2) is 50.5 Å².